The van der Waals surface area contributed by atoms with Crippen LogP contribution >= 0.6 is 0 Å². The van der Waals surface area contributed by atoms with Crippen LogP contribution in [0.5, 0.6) is 0 Å². The summed E-state index contributed by atoms with van der Waals surface area (Å²) in [4.78, 5) is 21.2. The molecule has 3 aromatic rings. The molecule has 1 aliphatic rings. The van der Waals surface area contributed by atoms with Gasteiger partial charge in [0.15, 0.2) is 0 Å². The Morgan fingerprint density at radius 2 is 1.64 bits per heavy atom. The summed E-state index contributed by atoms with van der Waals surface area (Å²) in [5.74, 6) is 0.112. The maximum atomic E-state index is 12.8. The second-order valence-corrected chi connectivity index (χ2v) is 7.04. The lowest BCUT2D eigenvalue weighted by Crippen LogP contribution is -2.49. The minimum absolute atomic E-state index is 0.112. The van der Waals surface area contributed by atoms with Crippen molar-refractivity contribution in [2.45, 2.75) is 13.0 Å². The van der Waals surface area contributed by atoms with Gasteiger partial charge < -0.3 is 4.90 Å². The SMILES string of the molecule is O=C(c1ccc(Cn2ccnn2)cc1)N1CCN(CCc2ccncc2)CC1. The molecule has 0 N–H and O–H groups in total. The van der Waals surface area contributed by atoms with Gasteiger partial charge in [-0.1, -0.05) is 17.3 Å². The van der Waals surface area contributed by atoms with E-state index in [2.05, 4.69) is 32.3 Å². The molecule has 0 aliphatic carbocycles. The third kappa shape index (κ3) is 4.61. The van der Waals surface area contributed by atoms with Gasteiger partial charge in [-0.15, -0.1) is 5.10 Å². The van der Waals surface area contributed by atoms with Crippen LogP contribution in [0.4, 0.5) is 0 Å². The number of rotatable bonds is 6. The van der Waals surface area contributed by atoms with E-state index in [9.17, 15) is 4.79 Å². The highest BCUT2D eigenvalue weighted by Crippen LogP contribution is 2.12. The van der Waals surface area contributed by atoms with Crippen LogP contribution in [0.15, 0.2) is 61.2 Å². The number of carbonyl (C=O) groups is 1. The summed E-state index contributed by atoms with van der Waals surface area (Å²) in [6.45, 7) is 5.06. The third-order valence-corrected chi connectivity index (χ3v) is 5.14. The van der Waals surface area contributed by atoms with Gasteiger partial charge in [-0.2, -0.15) is 0 Å². The molecule has 144 valence electrons. The zero-order valence-electron chi connectivity index (χ0n) is 15.8. The molecule has 28 heavy (non-hydrogen) atoms. The number of nitrogens with zero attached hydrogens (tertiary/aromatic N) is 6. The molecule has 2 aromatic heterocycles. The highest BCUT2D eigenvalue weighted by molar-refractivity contribution is 5.94. The number of hydrogen-bond donors (Lipinski definition) is 0. The van der Waals surface area contributed by atoms with E-state index in [4.69, 9.17) is 0 Å². The molecule has 4 rings (SSSR count). The largest absolute Gasteiger partial charge is 0.336 e. The first kappa shape index (κ1) is 18.3. The lowest BCUT2D eigenvalue weighted by atomic mass is 10.1. The number of hydrogen-bond acceptors (Lipinski definition) is 5. The van der Waals surface area contributed by atoms with Crippen molar-refractivity contribution in [2.75, 3.05) is 32.7 Å². The number of amides is 1. The molecule has 1 amide bonds. The molecule has 1 aliphatic heterocycles. The van der Waals surface area contributed by atoms with E-state index >= 15 is 0 Å². The van der Waals surface area contributed by atoms with Crippen molar-refractivity contribution in [3.63, 3.8) is 0 Å². The zero-order chi connectivity index (χ0) is 19.2. The Labute approximate surface area is 164 Å². The van der Waals surface area contributed by atoms with E-state index < -0.39 is 0 Å². The molecule has 7 heteroatoms. The van der Waals surface area contributed by atoms with Crippen LogP contribution in [0.3, 0.4) is 0 Å². The Balaban J connectivity index is 1.26. The molecule has 0 saturated carbocycles. The molecular weight excluding hydrogens is 352 g/mol. The molecule has 0 atom stereocenters. The smallest absolute Gasteiger partial charge is 0.253 e. The van der Waals surface area contributed by atoms with Crippen molar-refractivity contribution < 1.29 is 4.79 Å². The van der Waals surface area contributed by atoms with Gasteiger partial charge in [-0.05, 0) is 41.8 Å². The summed E-state index contributed by atoms with van der Waals surface area (Å²) < 4.78 is 1.77. The van der Waals surface area contributed by atoms with E-state index in [1.54, 1.807) is 10.9 Å². The molecule has 0 bridgehead atoms. The Hall–Kier alpha value is -3.06. The highest BCUT2D eigenvalue weighted by atomic mass is 16.2. The van der Waals surface area contributed by atoms with Crippen molar-refractivity contribution in [3.05, 3.63) is 77.9 Å². The summed E-state index contributed by atoms with van der Waals surface area (Å²) >= 11 is 0. The van der Waals surface area contributed by atoms with Crippen LogP contribution in [-0.2, 0) is 13.0 Å². The van der Waals surface area contributed by atoms with Gasteiger partial charge in [0.1, 0.15) is 0 Å². The minimum Gasteiger partial charge on any atom is -0.336 e. The minimum atomic E-state index is 0.112. The first-order valence-corrected chi connectivity index (χ1v) is 9.61. The Morgan fingerprint density at radius 3 is 2.32 bits per heavy atom. The predicted molar refractivity (Wildman–Crippen MR) is 106 cm³/mol. The van der Waals surface area contributed by atoms with Gasteiger partial charge in [0.25, 0.3) is 5.91 Å². The second-order valence-electron chi connectivity index (χ2n) is 7.04. The lowest BCUT2D eigenvalue weighted by molar-refractivity contribution is 0.0638. The molecule has 7 nitrogen and oxygen atoms in total. The fourth-order valence-electron chi connectivity index (χ4n) is 3.45. The summed E-state index contributed by atoms with van der Waals surface area (Å²) in [6.07, 6.45) is 8.18. The first-order valence-electron chi connectivity index (χ1n) is 9.61. The summed E-state index contributed by atoms with van der Waals surface area (Å²) in [5.41, 5.74) is 3.15. The third-order valence-electron chi connectivity index (χ3n) is 5.14. The van der Waals surface area contributed by atoms with E-state index in [0.29, 0.717) is 6.54 Å². The maximum Gasteiger partial charge on any atom is 0.253 e. The number of pyridine rings is 1. The average molecular weight is 376 g/mol. The molecule has 1 fully saturated rings. The molecule has 3 heterocycles. The summed E-state index contributed by atoms with van der Waals surface area (Å²) in [5, 5.41) is 7.77. The fraction of sp³-hybridized carbons (Fsp3) is 0.333. The molecule has 0 radical (unpaired) electrons. The van der Waals surface area contributed by atoms with E-state index in [1.807, 2.05) is 47.8 Å². The van der Waals surface area contributed by atoms with Gasteiger partial charge in [0, 0.05) is 56.9 Å². The molecule has 0 spiro atoms. The van der Waals surface area contributed by atoms with Crippen LogP contribution in [0.1, 0.15) is 21.5 Å². The lowest BCUT2D eigenvalue weighted by Gasteiger charge is -2.34. The van der Waals surface area contributed by atoms with Crippen molar-refractivity contribution in [3.8, 4) is 0 Å². The van der Waals surface area contributed by atoms with Crippen LogP contribution < -0.4 is 0 Å². The topological polar surface area (TPSA) is 67.2 Å². The van der Waals surface area contributed by atoms with E-state index in [0.717, 1.165) is 50.3 Å². The Kier molecular flexibility index (Phi) is 5.72. The van der Waals surface area contributed by atoms with Crippen molar-refractivity contribution in [1.82, 2.24) is 29.8 Å². The van der Waals surface area contributed by atoms with Crippen molar-refractivity contribution >= 4 is 5.91 Å². The second kappa shape index (κ2) is 8.75. The zero-order valence-corrected chi connectivity index (χ0v) is 15.8. The van der Waals surface area contributed by atoms with Gasteiger partial charge in [-0.25, -0.2) is 4.68 Å². The number of carbonyl (C=O) groups excluding carboxylic acids is 1. The molecule has 0 unspecified atom stereocenters. The van der Waals surface area contributed by atoms with Gasteiger partial charge in [0.2, 0.25) is 0 Å². The maximum absolute atomic E-state index is 12.8. The number of piperazine rings is 1. The first-order chi connectivity index (χ1) is 13.8. The fourth-order valence-corrected chi connectivity index (χ4v) is 3.45. The van der Waals surface area contributed by atoms with Crippen LogP contribution in [0, 0.1) is 0 Å². The van der Waals surface area contributed by atoms with Crippen LogP contribution in [0.25, 0.3) is 0 Å². The normalized spacial score (nSPS) is 14.9. The van der Waals surface area contributed by atoms with Gasteiger partial charge in [-0.3, -0.25) is 14.7 Å². The Morgan fingerprint density at radius 1 is 0.893 bits per heavy atom. The molecule has 1 saturated heterocycles. The Bertz CT molecular complexity index is 871. The van der Waals surface area contributed by atoms with Crippen molar-refractivity contribution in [1.29, 1.82) is 0 Å². The van der Waals surface area contributed by atoms with E-state index in [-0.39, 0.29) is 5.91 Å². The van der Waals surface area contributed by atoms with Gasteiger partial charge in [0.05, 0.1) is 12.7 Å². The van der Waals surface area contributed by atoms with Crippen molar-refractivity contribution in [2.24, 2.45) is 0 Å². The van der Waals surface area contributed by atoms with Crippen LogP contribution in [0.2, 0.25) is 0 Å². The standard InChI is InChI=1S/C21H24N6O/c28-21(20-3-1-19(2-4-20)17-27-12-10-23-24-27)26-15-13-25(14-16-26)11-7-18-5-8-22-9-6-18/h1-6,8-10,12H,7,11,13-17H2. The van der Waals surface area contributed by atoms with Gasteiger partial charge >= 0.3 is 0 Å². The quantitative estimate of drug-likeness (QED) is 0.655. The highest BCUT2D eigenvalue weighted by Gasteiger charge is 2.21. The average Bonchev–Trinajstić information content (AvgIpc) is 3.26. The molecule has 1 aromatic carbocycles. The molecular formula is C21H24N6O. The summed E-state index contributed by atoms with van der Waals surface area (Å²) in [7, 11) is 0. The predicted octanol–water partition coefficient (Wildman–Crippen LogP) is 1.72. The monoisotopic (exact) mass is 376 g/mol. The van der Waals surface area contributed by atoms with E-state index in [1.165, 1.54) is 5.56 Å². The number of benzene rings is 1. The van der Waals surface area contributed by atoms with Crippen LogP contribution in [-0.4, -0.2) is 68.4 Å². The summed E-state index contributed by atoms with van der Waals surface area (Å²) in [6, 6.07) is 11.9. The number of aromatic nitrogens is 4.